The van der Waals surface area contributed by atoms with Gasteiger partial charge in [-0.1, -0.05) is 26.0 Å². The molecule has 1 amide bonds. The zero-order chi connectivity index (χ0) is 19.2. The van der Waals surface area contributed by atoms with Crippen molar-refractivity contribution in [3.05, 3.63) is 29.8 Å². The number of carbonyl (C=O) groups is 1. The number of ether oxygens (including phenoxy) is 3. The number of carbonyl (C=O) groups excluding carboxylic acids is 1. The number of hydrogen-bond donors (Lipinski definition) is 2. The van der Waals surface area contributed by atoms with Crippen LogP contribution >= 0.6 is 12.4 Å². The fraction of sp³-hybridized carbons (Fsp3) is 0.650. The average Bonchev–Trinajstić information content (AvgIpc) is 2.64. The topological polar surface area (TPSA) is 82.8 Å². The molecule has 7 heteroatoms. The average molecular weight is 401 g/mol. The second kappa shape index (κ2) is 10.3. The Morgan fingerprint density at radius 3 is 2.52 bits per heavy atom. The van der Waals surface area contributed by atoms with Crippen LogP contribution in [0.15, 0.2) is 24.3 Å². The minimum atomic E-state index is -0.864. The van der Waals surface area contributed by atoms with E-state index < -0.39 is 5.54 Å². The molecule has 2 rings (SSSR count). The summed E-state index contributed by atoms with van der Waals surface area (Å²) in [4.78, 5) is 12.5. The van der Waals surface area contributed by atoms with Crippen molar-refractivity contribution in [2.45, 2.75) is 51.9 Å². The number of rotatable bonds is 10. The van der Waals surface area contributed by atoms with E-state index in [-0.39, 0.29) is 29.8 Å². The molecule has 27 heavy (non-hydrogen) atoms. The lowest BCUT2D eigenvalue weighted by Gasteiger charge is -2.57. The fourth-order valence-electron chi connectivity index (χ4n) is 3.27. The molecule has 0 bridgehead atoms. The lowest BCUT2D eigenvalue weighted by atomic mass is 9.54. The minimum Gasteiger partial charge on any atom is -0.497 e. The van der Waals surface area contributed by atoms with Gasteiger partial charge in [-0.25, -0.2) is 0 Å². The molecule has 3 N–H and O–H groups in total. The number of nitrogens with two attached hydrogens (primary N) is 1. The summed E-state index contributed by atoms with van der Waals surface area (Å²) in [6.45, 7) is 8.26. The Morgan fingerprint density at radius 2 is 1.96 bits per heavy atom. The van der Waals surface area contributed by atoms with Gasteiger partial charge in [0.1, 0.15) is 11.3 Å². The van der Waals surface area contributed by atoms with Crippen LogP contribution in [-0.4, -0.2) is 44.4 Å². The maximum absolute atomic E-state index is 12.5. The van der Waals surface area contributed by atoms with E-state index in [1.807, 2.05) is 45.0 Å². The number of nitrogens with one attached hydrogen (secondary N) is 1. The number of benzene rings is 1. The molecule has 1 saturated carbocycles. The van der Waals surface area contributed by atoms with Gasteiger partial charge in [0.15, 0.2) is 0 Å². The number of amides is 1. The van der Waals surface area contributed by atoms with Gasteiger partial charge in [-0.15, -0.1) is 12.4 Å². The maximum Gasteiger partial charge on any atom is 0.240 e. The van der Waals surface area contributed by atoms with Crippen LogP contribution in [0.2, 0.25) is 0 Å². The molecule has 1 aliphatic carbocycles. The van der Waals surface area contributed by atoms with Crippen molar-refractivity contribution < 1.29 is 19.0 Å². The molecule has 1 aliphatic rings. The first kappa shape index (κ1) is 23.7. The summed E-state index contributed by atoms with van der Waals surface area (Å²) in [5, 5.41) is 2.94. The highest BCUT2D eigenvalue weighted by Gasteiger charge is 2.62. The predicted molar refractivity (Wildman–Crippen MR) is 108 cm³/mol. The van der Waals surface area contributed by atoms with E-state index in [0.717, 1.165) is 17.7 Å². The van der Waals surface area contributed by atoms with Crippen molar-refractivity contribution >= 4 is 18.3 Å². The first-order valence-electron chi connectivity index (χ1n) is 9.24. The van der Waals surface area contributed by atoms with Crippen LogP contribution in [0.1, 0.15) is 39.2 Å². The Bertz CT molecular complexity index is 594. The Kier molecular flexibility index (Phi) is 9.02. The van der Waals surface area contributed by atoms with Crippen LogP contribution in [0.4, 0.5) is 0 Å². The van der Waals surface area contributed by atoms with Crippen LogP contribution in [0, 0.1) is 5.41 Å². The quantitative estimate of drug-likeness (QED) is 0.590. The van der Waals surface area contributed by atoms with E-state index in [2.05, 4.69) is 5.32 Å². The zero-order valence-electron chi connectivity index (χ0n) is 16.7. The van der Waals surface area contributed by atoms with E-state index in [1.165, 1.54) is 0 Å². The Morgan fingerprint density at radius 1 is 1.30 bits per heavy atom. The molecule has 154 valence electrons. The molecule has 6 nitrogen and oxygen atoms in total. The van der Waals surface area contributed by atoms with Gasteiger partial charge in [0.2, 0.25) is 5.91 Å². The van der Waals surface area contributed by atoms with Crippen molar-refractivity contribution in [1.29, 1.82) is 0 Å². The molecule has 0 spiro atoms. The third-order valence-corrected chi connectivity index (χ3v) is 5.41. The second-order valence-electron chi connectivity index (χ2n) is 7.35. The number of methoxy groups -OCH3 is 1. The van der Waals surface area contributed by atoms with Gasteiger partial charge >= 0.3 is 0 Å². The van der Waals surface area contributed by atoms with Crippen LogP contribution in [0.5, 0.6) is 5.75 Å². The Balaban J connectivity index is 0.00000364. The summed E-state index contributed by atoms with van der Waals surface area (Å²) in [7, 11) is 1.65. The Hall–Kier alpha value is -1.34. The van der Waals surface area contributed by atoms with E-state index in [0.29, 0.717) is 32.8 Å². The summed E-state index contributed by atoms with van der Waals surface area (Å²) >= 11 is 0. The van der Waals surface area contributed by atoms with Gasteiger partial charge in [-0.3, -0.25) is 4.79 Å². The molecule has 1 aromatic rings. The van der Waals surface area contributed by atoms with E-state index in [1.54, 1.807) is 7.11 Å². The zero-order valence-corrected chi connectivity index (χ0v) is 17.6. The largest absolute Gasteiger partial charge is 0.497 e. The lowest BCUT2D eigenvalue weighted by Crippen LogP contribution is -2.75. The summed E-state index contributed by atoms with van der Waals surface area (Å²) in [6, 6.07) is 7.78. The van der Waals surface area contributed by atoms with Gasteiger partial charge < -0.3 is 25.3 Å². The summed E-state index contributed by atoms with van der Waals surface area (Å²) < 4.78 is 16.4. The van der Waals surface area contributed by atoms with Crippen LogP contribution in [0.25, 0.3) is 0 Å². The summed E-state index contributed by atoms with van der Waals surface area (Å²) in [6.07, 6.45) is 1.34. The molecule has 1 aromatic carbocycles. The monoisotopic (exact) mass is 400 g/mol. The van der Waals surface area contributed by atoms with Crippen molar-refractivity contribution in [2.24, 2.45) is 11.1 Å². The van der Waals surface area contributed by atoms with Gasteiger partial charge in [-0.2, -0.15) is 0 Å². The maximum atomic E-state index is 12.5. The molecule has 0 radical (unpaired) electrons. The molecular weight excluding hydrogens is 368 g/mol. The first-order chi connectivity index (χ1) is 12.3. The SMILES string of the molecule is CCOC1CC(N)(C(=O)NCCCOCc2ccc(OC)cc2)C1(C)C.Cl. The van der Waals surface area contributed by atoms with Gasteiger partial charge in [-0.05, 0) is 31.0 Å². The standard InChI is InChI=1S/C20H32N2O4.ClH/c1-5-26-17-13-20(21,19(17,2)3)18(23)22-11-6-12-25-14-15-7-9-16(24-4)10-8-15;/h7-10,17H,5-6,11-14,21H2,1-4H3,(H,22,23);1H. The smallest absolute Gasteiger partial charge is 0.240 e. The normalized spacial score (nSPS) is 23.1. The predicted octanol–water partition coefficient (Wildman–Crippen LogP) is 2.67. The molecular formula is C20H33ClN2O4. The van der Waals surface area contributed by atoms with Crippen LogP contribution in [0.3, 0.4) is 0 Å². The first-order valence-corrected chi connectivity index (χ1v) is 9.24. The number of halogens is 1. The van der Waals surface area contributed by atoms with Crippen molar-refractivity contribution in [2.75, 3.05) is 26.9 Å². The molecule has 2 atom stereocenters. The van der Waals surface area contributed by atoms with Crippen LogP contribution < -0.4 is 15.8 Å². The number of hydrogen-bond acceptors (Lipinski definition) is 5. The fourth-order valence-corrected chi connectivity index (χ4v) is 3.27. The van der Waals surface area contributed by atoms with Gasteiger partial charge in [0.25, 0.3) is 0 Å². The molecule has 0 heterocycles. The van der Waals surface area contributed by atoms with Crippen molar-refractivity contribution in [1.82, 2.24) is 5.32 Å². The minimum absolute atomic E-state index is 0. The third-order valence-electron chi connectivity index (χ3n) is 5.41. The highest BCUT2D eigenvalue weighted by Crippen LogP contribution is 2.49. The van der Waals surface area contributed by atoms with Crippen LogP contribution in [-0.2, 0) is 20.9 Å². The van der Waals surface area contributed by atoms with Gasteiger partial charge in [0, 0.05) is 31.6 Å². The summed E-state index contributed by atoms with van der Waals surface area (Å²) in [5.41, 5.74) is 6.22. The Labute approximate surface area is 168 Å². The van der Waals surface area contributed by atoms with Gasteiger partial charge in [0.05, 0.1) is 19.8 Å². The molecule has 2 unspecified atom stereocenters. The lowest BCUT2D eigenvalue weighted by molar-refractivity contribution is -0.170. The highest BCUT2D eigenvalue weighted by atomic mass is 35.5. The third kappa shape index (κ3) is 5.35. The molecule has 0 saturated heterocycles. The second-order valence-corrected chi connectivity index (χ2v) is 7.35. The summed E-state index contributed by atoms with van der Waals surface area (Å²) in [5.74, 6) is 0.728. The molecule has 1 fully saturated rings. The van der Waals surface area contributed by atoms with Crippen molar-refractivity contribution in [3.63, 3.8) is 0 Å². The van der Waals surface area contributed by atoms with Crippen molar-refractivity contribution in [3.8, 4) is 5.75 Å². The van der Waals surface area contributed by atoms with E-state index >= 15 is 0 Å². The van der Waals surface area contributed by atoms with E-state index in [4.69, 9.17) is 19.9 Å². The molecule has 0 aliphatic heterocycles. The van der Waals surface area contributed by atoms with E-state index in [9.17, 15) is 4.79 Å². The highest BCUT2D eigenvalue weighted by molar-refractivity contribution is 5.88. The molecule has 0 aromatic heterocycles.